The highest BCUT2D eigenvalue weighted by Gasteiger charge is 2.41. The van der Waals surface area contributed by atoms with Gasteiger partial charge in [-0.05, 0) is 26.3 Å². The lowest BCUT2D eigenvalue weighted by molar-refractivity contribution is -0.124. The molecule has 1 aliphatic rings. The van der Waals surface area contributed by atoms with Gasteiger partial charge in [-0.2, -0.15) is 0 Å². The maximum absolute atomic E-state index is 12.5. The van der Waals surface area contributed by atoms with Crippen molar-refractivity contribution in [2.75, 3.05) is 6.54 Å². The normalized spacial score (nSPS) is 20.0. The van der Waals surface area contributed by atoms with Crippen LogP contribution >= 0.6 is 0 Å². The van der Waals surface area contributed by atoms with Gasteiger partial charge in [0.1, 0.15) is 12.9 Å². The van der Waals surface area contributed by atoms with E-state index in [4.69, 9.17) is 9.47 Å². The summed E-state index contributed by atoms with van der Waals surface area (Å²) >= 11 is 0. The number of carbonyl (C=O) groups excluding carboxylic acids is 3. The molecule has 1 fully saturated rings. The number of hydrogen-bond donors (Lipinski definition) is 0. The summed E-state index contributed by atoms with van der Waals surface area (Å²) in [6.07, 6.45) is 0.665. The molecule has 26 heavy (non-hydrogen) atoms. The Hall–Kier alpha value is -2.21. The summed E-state index contributed by atoms with van der Waals surface area (Å²) in [6, 6.07) is 8.77. The van der Waals surface area contributed by atoms with Gasteiger partial charge in [0.2, 0.25) is 0 Å². The van der Waals surface area contributed by atoms with Crippen LogP contribution in [-0.4, -0.2) is 47.4 Å². The van der Waals surface area contributed by atoms with Gasteiger partial charge in [0.15, 0.2) is 5.78 Å². The number of amides is 1. The van der Waals surface area contributed by atoms with Crippen molar-refractivity contribution in [1.82, 2.24) is 4.90 Å². The van der Waals surface area contributed by atoms with Crippen molar-refractivity contribution in [2.24, 2.45) is 0 Å². The molecule has 1 aromatic carbocycles. The first-order chi connectivity index (χ1) is 12.3. The van der Waals surface area contributed by atoms with Gasteiger partial charge in [0.05, 0.1) is 24.3 Å². The van der Waals surface area contributed by atoms with Crippen molar-refractivity contribution in [1.29, 1.82) is 0 Å². The summed E-state index contributed by atoms with van der Waals surface area (Å²) in [5.74, 6) is -0.131. The Labute approximate surface area is 154 Å². The van der Waals surface area contributed by atoms with E-state index in [0.717, 1.165) is 5.56 Å². The summed E-state index contributed by atoms with van der Waals surface area (Å²) in [7, 11) is 0. The second kappa shape index (κ2) is 8.94. The number of hydrogen-bond acceptors (Lipinski definition) is 5. The average Bonchev–Trinajstić information content (AvgIpc) is 3.00. The van der Waals surface area contributed by atoms with Gasteiger partial charge in [-0.15, -0.1) is 0 Å². The summed E-state index contributed by atoms with van der Waals surface area (Å²) in [5, 5.41) is 0. The van der Waals surface area contributed by atoms with Crippen molar-refractivity contribution < 1.29 is 23.9 Å². The molecule has 0 radical (unpaired) electrons. The lowest BCUT2D eigenvalue weighted by atomic mass is 10.0. The molecular formula is C20H27NO5. The van der Waals surface area contributed by atoms with Crippen LogP contribution in [0.4, 0.5) is 4.79 Å². The molecule has 2 rings (SSSR count). The standard InChI is InChI=1S/C20H27NO5/c1-20(2,3)26-16-12-17(18(23)10-7-11-22)21(13-16)19(24)25-14-15-8-5-4-6-9-15/h4-6,8-9,11,16-17H,7,10,12-14H2,1-3H3/t16-,17+/m1/s1. The molecule has 1 saturated heterocycles. The van der Waals surface area contributed by atoms with E-state index in [2.05, 4.69) is 0 Å². The van der Waals surface area contributed by atoms with E-state index in [1.54, 1.807) is 0 Å². The molecule has 0 bridgehead atoms. The third-order valence-electron chi connectivity index (χ3n) is 4.10. The molecule has 0 unspecified atom stereocenters. The van der Waals surface area contributed by atoms with Crippen molar-refractivity contribution in [3.05, 3.63) is 35.9 Å². The van der Waals surface area contributed by atoms with E-state index in [1.807, 2.05) is 51.1 Å². The maximum atomic E-state index is 12.5. The van der Waals surface area contributed by atoms with Crippen molar-refractivity contribution >= 4 is 18.2 Å². The van der Waals surface area contributed by atoms with Crippen LogP contribution in [0.2, 0.25) is 0 Å². The smallest absolute Gasteiger partial charge is 0.410 e. The number of carbonyl (C=O) groups is 3. The molecule has 1 amide bonds. The van der Waals surface area contributed by atoms with Crippen molar-refractivity contribution in [3.8, 4) is 0 Å². The zero-order valence-electron chi connectivity index (χ0n) is 15.6. The molecule has 2 atom stereocenters. The molecule has 1 heterocycles. The molecular weight excluding hydrogens is 334 g/mol. The van der Waals surface area contributed by atoms with Gasteiger partial charge in [0, 0.05) is 19.3 Å². The largest absolute Gasteiger partial charge is 0.445 e. The minimum atomic E-state index is -0.606. The number of ether oxygens (including phenoxy) is 2. The highest BCUT2D eigenvalue weighted by Crippen LogP contribution is 2.27. The number of rotatable bonds is 7. The highest BCUT2D eigenvalue weighted by molar-refractivity contribution is 5.89. The Bertz CT molecular complexity index is 623. The second-order valence-corrected chi connectivity index (χ2v) is 7.47. The predicted molar refractivity (Wildman–Crippen MR) is 96.7 cm³/mol. The number of ketones is 1. The molecule has 0 N–H and O–H groups in total. The summed E-state index contributed by atoms with van der Waals surface area (Å²) < 4.78 is 11.3. The van der Waals surface area contributed by atoms with E-state index in [9.17, 15) is 14.4 Å². The fourth-order valence-corrected chi connectivity index (χ4v) is 3.06. The number of benzene rings is 1. The van der Waals surface area contributed by atoms with Crippen LogP contribution in [0.15, 0.2) is 30.3 Å². The van der Waals surface area contributed by atoms with E-state index < -0.39 is 12.1 Å². The first kappa shape index (κ1) is 20.1. The van der Waals surface area contributed by atoms with Crippen LogP contribution in [0.1, 0.15) is 45.6 Å². The van der Waals surface area contributed by atoms with Crippen molar-refractivity contribution in [3.63, 3.8) is 0 Å². The number of nitrogens with zero attached hydrogens (tertiary/aromatic N) is 1. The monoisotopic (exact) mass is 361 g/mol. The summed E-state index contributed by atoms with van der Waals surface area (Å²) in [4.78, 5) is 37.0. The minimum Gasteiger partial charge on any atom is -0.445 e. The van der Waals surface area contributed by atoms with Gasteiger partial charge in [-0.3, -0.25) is 9.69 Å². The molecule has 6 heteroatoms. The summed E-state index contributed by atoms with van der Waals surface area (Å²) in [5.41, 5.74) is 0.511. The Morgan fingerprint density at radius 1 is 1.23 bits per heavy atom. The number of likely N-dealkylation sites (tertiary alicyclic amines) is 1. The van der Waals surface area contributed by atoms with Gasteiger partial charge < -0.3 is 14.3 Å². The molecule has 1 aromatic rings. The third-order valence-corrected chi connectivity index (χ3v) is 4.10. The van der Waals surface area contributed by atoms with E-state index >= 15 is 0 Å². The van der Waals surface area contributed by atoms with Gasteiger partial charge in [-0.1, -0.05) is 30.3 Å². The van der Waals surface area contributed by atoms with E-state index in [0.29, 0.717) is 19.3 Å². The number of aldehydes is 1. The van der Waals surface area contributed by atoms with Gasteiger partial charge in [-0.25, -0.2) is 4.79 Å². The van der Waals surface area contributed by atoms with Gasteiger partial charge in [0.25, 0.3) is 0 Å². The Morgan fingerprint density at radius 3 is 2.54 bits per heavy atom. The minimum absolute atomic E-state index is 0.124. The molecule has 1 aliphatic heterocycles. The van der Waals surface area contributed by atoms with Crippen LogP contribution in [-0.2, 0) is 25.7 Å². The third kappa shape index (κ3) is 5.95. The molecule has 0 spiro atoms. The lowest BCUT2D eigenvalue weighted by Gasteiger charge is -2.25. The highest BCUT2D eigenvalue weighted by atomic mass is 16.6. The summed E-state index contributed by atoms with van der Waals surface area (Å²) in [6.45, 7) is 6.27. The zero-order chi connectivity index (χ0) is 19.2. The first-order valence-electron chi connectivity index (χ1n) is 8.91. The fourth-order valence-electron chi connectivity index (χ4n) is 3.06. The van der Waals surface area contributed by atoms with Gasteiger partial charge >= 0.3 is 6.09 Å². The first-order valence-corrected chi connectivity index (χ1v) is 8.91. The van der Waals surface area contributed by atoms with E-state index in [1.165, 1.54) is 4.90 Å². The molecule has 0 aliphatic carbocycles. The molecule has 0 aromatic heterocycles. The van der Waals surface area contributed by atoms with Crippen LogP contribution in [0.25, 0.3) is 0 Å². The second-order valence-electron chi connectivity index (χ2n) is 7.47. The topological polar surface area (TPSA) is 72.9 Å². The van der Waals surface area contributed by atoms with E-state index in [-0.39, 0.29) is 36.9 Å². The lowest BCUT2D eigenvalue weighted by Crippen LogP contribution is -2.41. The zero-order valence-corrected chi connectivity index (χ0v) is 15.6. The Balaban J connectivity index is 2.03. The average molecular weight is 361 g/mol. The Kier molecular flexibility index (Phi) is 6.91. The van der Waals surface area contributed by atoms with Crippen LogP contribution in [0, 0.1) is 0 Å². The SMILES string of the molecule is CC(C)(C)O[C@@H]1C[C@@H](C(=O)CCC=O)N(C(=O)OCc2ccccc2)C1. The number of Topliss-reactive ketones (excluding diaryl/α,β-unsaturated/α-hetero) is 1. The fraction of sp³-hybridized carbons (Fsp3) is 0.550. The Morgan fingerprint density at radius 2 is 1.92 bits per heavy atom. The van der Waals surface area contributed by atoms with Crippen molar-refractivity contribution in [2.45, 2.75) is 64.4 Å². The quantitative estimate of drug-likeness (QED) is 0.698. The predicted octanol–water partition coefficient (Wildman–Crippen LogP) is 3.13. The maximum Gasteiger partial charge on any atom is 0.410 e. The molecule has 6 nitrogen and oxygen atoms in total. The van der Waals surface area contributed by atoms with Crippen LogP contribution in [0.3, 0.4) is 0 Å². The van der Waals surface area contributed by atoms with Crippen LogP contribution < -0.4 is 0 Å². The van der Waals surface area contributed by atoms with Crippen LogP contribution in [0.5, 0.6) is 0 Å². The molecule has 0 saturated carbocycles. The molecule has 142 valence electrons.